The second-order valence-electron chi connectivity index (χ2n) is 4.82. The van der Waals surface area contributed by atoms with Crippen molar-refractivity contribution >= 4 is 15.7 Å². The highest BCUT2D eigenvalue weighted by molar-refractivity contribution is 7.92. The van der Waals surface area contributed by atoms with E-state index in [1.807, 2.05) is 0 Å². The molecule has 0 bridgehead atoms. The van der Waals surface area contributed by atoms with Crippen LogP contribution in [-0.4, -0.2) is 13.5 Å². The Morgan fingerprint density at radius 1 is 1.19 bits per heavy atom. The van der Waals surface area contributed by atoms with Gasteiger partial charge in [0.15, 0.2) is 0 Å². The minimum absolute atomic E-state index is 0.0799. The molecule has 0 amide bonds. The van der Waals surface area contributed by atoms with Crippen LogP contribution in [0.4, 0.5) is 5.69 Å². The van der Waals surface area contributed by atoms with Crippen molar-refractivity contribution in [3.63, 3.8) is 0 Å². The second-order valence-corrected chi connectivity index (χ2v) is 6.50. The van der Waals surface area contributed by atoms with Gasteiger partial charge in [-0.05, 0) is 42.3 Å². The average Bonchev–Trinajstić information content (AvgIpc) is 2.48. The Bertz CT molecular complexity index is 710. The van der Waals surface area contributed by atoms with Crippen molar-refractivity contribution < 1.29 is 13.5 Å². The quantitative estimate of drug-likeness (QED) is 0.787. The van der Waals surface area contributed by atoms with E-state index in [0.717, 1.165) is 11.1 Å². The van der Waals surface area contributed by atoms with Crippen LogP contribution in [0.3, 0.4) is 0 Å². The zero-order chi connectivity index (χ0) is 15.5. The molecule has 0 saturated heterocycles. The summed E-state index contributed by atoms with van der Waals surface area (Å²) in [6, 6.07) is 12.9. The first-order valence-electron chi connectivity index (χ1n) is 6.50. The van der Waals surface area contributed by atoms with Crippen LogP contribution >= 0.6 is 0 Å². The van der Waals surface area contributed by atoms with Gasteiger partial charge in [0.05, 0.1) is 11.5 Å². The molecule has 1 unspecified atom stereocenters. The Hall–Kier alpha value is -1.89. The fourth-order valence-corrected chi connectivity index (χ4v) is 2.97. The molecule has 2 rings (SSSR count). The second kappa shape index (κ2) is 6.26. The van der Waals surface area contributed by atoms with Crippen LogP contribution in [0.5, 0.6) is 0 Å². The number of hydrogen-bond acceptors (Lipinski definition) is 4. The molecule has 6 heteroatoms. The number of aliphatic hydroxyl groups excluding tert-OH is 1. The molecule has 0 heterocycles. The summed E-state index contributed by atoms with van der Waals surface area (Å²) in [5, 5.41) is 8.97. The van der Waals surface area contributed by atoms with Gasteiger partial charge in [-0.2, -0.15) is 0 Å². The Kier molecular flexibility index (Phi) is 4.62. The molecule has 112 valence electrons. The monoisotopic (exact) mass is 306 g/mol. The highest BCUT2D eigenvalue weighted by Crippen LogP contribution is 2.19. The molecule has 1 atom stereocenters. The van der Waals surface area contributed by atoms with Gasteiger partial charge in [0, 0.05) is 11.7 Å². The standard InChI is InChI=1S/C15H18N2O3S/c1-11(16)13-3-2-4-15(9-13)21(19,20)17-14-7-5-12(10-18)6-8-14/h2-9,11,17-18H,10,16H2,1H3. The lowest BCUT2D eigenvalue weighted by molar-refractivity contribution is 0.282. The van der Waals surface area contributed by atoms with Gasteiger partial charge < -0.3 is 10.8 Å². The van der Waals surface area contributed by atoms with Crippen molar-refractivity contribution in [1.29, 1.82) is 0 Å². The number of rotatable bonds is 5. The van der Waals surface area contributed by atoms with Gasteiger partial charge in [-0.3, -0.25) is 4.72 Å². The highest BCUT2D eigenvalue weighted by Gasteiger charge is 2.15. The van der Waals surface area contributed by atoms with E-state index in [0.29, 0.717) is 5.69 Å². The third-order valence-electron chi connectivity index (χ3n) is 3.08. The summed E-state index contributed by atoms with van der Waals surface area (Å²) in [5.74, 6) is 0. The molecule has 2 aromatic rings. The van der Waals surface area contributed by atoms with E-state index in [-0.39, 0.29) is 17.5 Å². The molecule has 21 heavy (non-hydrogen) atoms. The molecular formula is C15H18N2O3S. The molecule has 0 fully saturated rings. The van der Waals surface area contributed by atoms with Gasteiger partial charge in [-0.25, -0.2) is 8.42 Å². The molecule has 0 aliphatic carbocycles. The van der Waals surface area contributed by atoms with Crippen molar-refractivity contribution in [1.82, 2.24) is 0 Å². The molecule has 0 aromatic heterocycles. The lowest BCUT2D eigenvalue weighted by atomic mass is 10.1. The lowest BCUT2D eigenvalue weighted by Crippen LogP contribution is -2.14. The van der Waals surface area contributed by atoms with Crippen LogP contribution < -0.4 is 10.5 Å². The first-order valence-corrected chi connectivity index (χ1v) is 7.99. The predicted molar refractivity (Wildman–Crippen MR) is 82.2 cm³/mol. The van der Waals surface area contributed by atoms with E-state index in [1.165, 1.54) is 6.07 Å². The first kappa shape index (κ1) is 15.5. The summed E-state index contributed by atoms with van der Waals surface area (Å²) in [4.78, 5) is 0.170. The highest BCUT2D eigenvalue weighted by atomic mass is 32.2. The Morgan fingerprint density at radius 3 is 2.43 bits per heavy atom. The average molecular weight is 306 g/mol. The number of anilines is 1. The molecule has 5 nitrogen and oxygen atoms in total. The summed E-state index contributed by atoms with van der Waals surface area (Å²) in [5.41, 5.74) is 7.69. The molecule has 0 saturated carbocycles. The maximum absolute atomic E-state index is 12.3. The molecule has 0 spiro atoms. The van der Waals surface area contributed by atoms with Gasteiger partial charge >= 0.3 is 0 Å². The largest absolute Gasteiger partial charge is 0.392 e. The van der Waals surface area contributed by atoms with Crippen molar-refractivity contribution in [3.8, 4) is 0 Å². The molecule has 2 aromatic carbocycles. The minimum Gasteiger partial charge on any atom is -0.392 e. The topological polar surface area (TPSA) is 92.4 Å². The number of aliphatic hydroxyl groups is 1. The number of benzene rings is 2. The Balaban J connectivity index is 2.27. The van der Waals surface area contributed by atoms with E-state index >= 15 is 0 Å². The molecular weight excluding hydrogens is 288 g/mol. The van der Waals surface area contributed by atoms with Crippen LogP contribution in [0.25, 0.3) is 0 Å². The van der Waals surface area contributed by atoms with Crippen LogP contribution in [0.1, 0.15) is 24.1 Å². The van der Waals surface area contributed by atoms with Gasteiger partial charge in [-0.1, -0.05) is 24.3 Å². The smallest absolute Gasteiger partial charge is 0.261 e. The number of hydrogen-bond donors (Lipinski definition) is 3. The van der Waals surface area contributed by atoms with Gasteiger partial charge in [0.2, 0.25) is 0 Å². The van der Waals surface area contributed by atoms with Gasteiger partial charge in [0.25, 0.3) is 10.0 Å². The van der Waals surface area contributed by atoms with Crippen molar-refractivity contribution in [2.24, 2.45) is 5.73 Å². The number of nitrogens with one attached hydrogen (secondary N) is 1. The van der Waals surface area contributed by atoms with Crippen molar-refractivity contribution in [2.75, 3.05) is 4.72 Å². The Morgan fingerprint density at radius 2 is 1.86 bits per heavy atom. The van der Waals surface area contributed by atoms with Crippen LogP contribution in [0.2, 0.25) is 0 Å². The SMILES string of the molecule is CC(N)c1cccc(S(=O)(=O)Nc2ccc(CO)cc2)c1. The van der Waals surface area contributed by atoms with E-state index in [1.54, 1.807) is 49.4 Å². The van der Waals surface area contributed by atoms with E-state index in [4.69, 9.17) is 10.8 Å². The number of nitrogens with two attached hydrogens (primary N) is 1. The van der Waals surface area contributed by atoms with Gasteiger partial charge in [0.1, 0.15) is 0 Å². The third kappa shape index (κ3) is 3.81. The summed E-state index contributed by atoms with van der Waals surface area (Å²) in [6.45, 7) is 1.72. The van der Waals surface area contributed by atoms with Gasteiger partial charge in [-0.15, -0.1) is 0 Å². The van der Waals surface area contributed by atoms with Crippen LogP contribution in [0.15, 0.2) is 53.4 Å². The summed E-state index contributed by atoms with van der Waals surface area (Å²) in [6.07, 6.45) is 0. The van der Waals surface area contributed by atoms with E-state index in [9.17, 15) is 8.42 Å². The fraction of sp³-hybridized carbons (Fsp3) is 0.200. The zero-order valence-corrected chi connectivity index (χ0v) is 12.5. The maximum atomic E-state index is 12.3. The summed E-state index contributed by atoms with van der Waals surface area (Å²) in [7, 11) is -3.66. The predicted octanol–water partition coefficient (Wildman–Crippen LogP) is 2.00. The number of sulfonamides is 1. The maximum Gasteiger partial charge on any atom is 0.261 e. The molecule has 0 aliphatic rings. The minimum atomic E-state index is -3.66. The molecule has 0 radical (unpaired) electrons. The summed E-state index contributed by atoms with van der Waals surface area (Å²) < 4.78 is 27.2. The van der Waals surface area contributed by atoms with E-state index in [2.05, 4.69) is 4.72 Å². The van der Waals surface area contributed by atoms with Crippen LogP contribution in [-0.2, 0) is 16.6 Å². The fourth-order valence-electron chi connectivity index (χ4n) is 1.86. The van der Waals surface area contributed by atoms with Crippen LogP contribution in [0, 0.1) is 0 Å². The lowest BCUT2D eigenvalue weighted by Gasteiger charge is -2.11. The first-order chi connectivity index (χ1) is 9.92. The zero-order valence-electron chi connectivity index (χ0n) is 11.7. The van der Waals surface area contributed by atoms with Crippen molar-refractivity contribution in [3.05, 3.63) is 59.7 Å². The Labute approximate surface area is 124 Å². The van der Waals surface area contributed by atoms with E-state index < -0.39 is 10.0 Å². The molecule has 0 aliphatic heterocycles. The normalized spacial score (nSPS) is 12.9. The van der Waals surface area contributed by atoms with Crippen molar-refractivity contribution in [2.45, 2.75) is 24.5 Å². The third-order valence-corrected chi connectivity index (χ3v) is 4.46. The summed E-state index contributed by atoms with van der Waals surface area (Å²) >= 11 is 0. The molecule has 4 N–H and O–H groups in total.